The number of allylic oxidation sites excluding steroid dienone is 1. The van der Waals surface area contributed by atoms with Gasteiger partial charge in [0.05, 0.1) is 28.6 Å². The molecule has 3 heteroatoms. The molecule has 2 saturated heterocycles. The van der Waals surface area contributed by atoms with Crippen molar-refractivity contribution in [1.29, 1.82) is 0 Å². The molecule has 3 aliphatic rings. The Kier molecular flexibility index (Phi) is 2.99. The molecule has 0 spiro atoms. The van der Waals surface area contributed by atoms with Crippen LogP contribution in [0.4, 0.5) is 0 Å². The van der Waals surface area contributed by atoms with Gasteiger partial charge in [-0.15, -0.1) is 0 Å². The Morgan fingerprint density at radius 1 is 1.12 bits per heavy atom. The van der Waals surface area contributed by atoms with Crippen LogP contribution in [0, 0.1) is 38.5 Å². The largest absolute Gasteiger partial charge is 0.511 e. The first-order chi connectivity index (χ1) is 11.1. The van der Waals surface area contributed by atoms with Crippen LogP contribution in [0.1, 0.15) is 49.4 Å². The Bertz CT molecular complexity index is 782. The van der Waals surface area contributed by atoms with E-state index in [0.29, 0.717) is 11.5 Å². The van der Waals surface area contributed by atoms with Gasteiger partial charge in [0.15, 0.2) is 5.78 Å². The third kappa shape index (κ3) is 1.69. The highest BCUT2D eigenvalue weighted by Crippen LogP contribution is 2.65. The normalized spacial score (nSPS) is 40.6. The molecule has 0 aromatic heterocycles. The van der Waals surface area contributed by atoms with Crippen LogP contribution >= 0.6 is 0 Å². The Hall–Kier alpha value is -1.61. The first kappa shape index (κ1) is 15.9. The summed E-state index contributed by atoms with van der Waals surface area (Å²) < 4.78 is 6.32. The maximum atomic E-state index is 13.3. The molecule has 1 aromatic rings. The Labute approximate surface area is 143 Å². The van der Waals surface area contributed by atoms with Crippen LogP contribution in [0.3, 0.4) is 0 Å². The minimum atomic E-state index is -0.460. The zero-order valence-electron chi connectivity index (χ0n) is 15.4. The number of Topliss-reactive ketones (excluding diaryl/α,β-unsaturated/α-hetero) is 1. The van der Waals surface area contributed by atoms with Crippen molar-refractivity contribution >= 4 is 11.4 Å². The SMILES string of the molecule is Cc1cc(C)c(C2=C(O)[C@H]3[C@@H](C2=O)[C@]2(C)CC(C)[C@@]3(C)O2)c(C)c1. The van der Waals surface area contributed by atoms with E-state index in [1.165, 1.54) is 5.56 Å². The van der Waals surface area contributed by atoms with Crippen LogP contribution in [0.2, 0.25) is 0 Å². The maximum absolute atomic E-state index is 13.3. The lowest BCUT2D eigenvalue weighted by molar-refractivity contribution is -0.122. The lowest BCUT2D eigenvalue weighted by atomic mass is 9.64. The fraction of sp³-hybridized carbons (Fsp3) is 0.571. The Morgan fingerprint density at radius 2 is 1.71 bits per heavy atom. The van der Waals surface area contributed by atoms with Gasteiger partial charge in [-0.2, -0.15) is 0 Å². The van der Waals surface area contributed by atoms with Gasteiger partial charge in [0.25, 0.3) is 0 Å². The lowest BCUT2D eigenvalue weighted by Crippen LogP contribution is -2.44. The quantitative estimate of drug-likeness (QED) is 0.837. The van der Waals surface area contributed by atoms with E-state index in [2.05, 4.69) is 32.9 Å². The minimum Gasteiger partial charge on any atom is -0.511 e. The van der Waals surface area contributed by atoms with E-state index in [1.54, 1.807) is 0 Å². The molecule has 24 heavy (non-hydrogen) atoms. The van der Waals surface area contributed by atoms with Gasteiger partial charge in [0.1, 0.15) is 5.76 Å². The van der Waals surface area contributed by atoms with E-state index in [1.807, 2.05) is 20.8 Å². The monoisotopic (exact) mass is 326 g/mol. The van der Waals surface area contributed by atoms with Crippen molar-refractivity contribution in [3.8, 4) is 0 Å². The zero-order valence-corrected chi connectivity index (χ0v) is 15.4. The standard InChI is InChI=1S/C21H26O3/c1-10-7-11(2)14(12(3)8-10)15-18(22)16-17(19(15)23)21(6)13(4)9-20(16,5)24-21/h7-8,13,16-17,23H,9H2,1-6H3/t13?,16-,17+,20-,21+/m0/s1. The molecule has 2 aliphatic heterocycles. The zero-order chi connectivity index (χ0) is 17.6. The molecule has 0 amide bonds. The number of aliphatic hydroxyl groups excluding tert-OH is 1. The number of aliphatic hydroxyl groups is 1. The van der Waals surface area contributed by atoms with Crippen LogP contribution in [0.5, 0.6) is 0 Å². The summed E-state index contributed by atoms with van der Waals surface area (Å²) >= 11 is 0. The Balaban J connectivity index is 1.93. The topological polar surface area (TPSA) is 46.5 Å². The van der Waals surface area contributed by atoms with Crippen molar-refractivity contribution in [2.24, 2.45) is 17.8 Å². The fourth-order valence-corrected chi connectivity index (χ4v) is 5.82. The summed E-state index contributed by atoms with van der Waals surface area (Å²) in [5.41, 5.74) is 3.82. The van der Waals surface area contributed by atoms with E-state index in [-0.39, 0.29) is 23.4 Å². The van der Waals surface area contributed by atoms with E-state index in [0.717, 1.165) is 23.1 Å². The molecule has 2 heterocycles. The van der Waals surface area contributed by atoms with Gasteiger partial charge in [0.2, 0.25) is 0 Å². The second-order valence-electron chi connectivity index (χ2n) is 8.56. The van der Waals surface area contributed by atoms with Crippen molar-refractivity contribution < 1.29 is 14.6 Å². The number of carbonyl (C=O) groups excluding carboxylic acids is 1. The van der Waals surface area contributed by atoms with Crippen molar-refractivity contribution in [2.45, 2.75) is 59.2 Å². The number of hydrogen-bond acceptors (Lipinski definition) is 3. The van der Waals surface area contributed by atoms with Crippen molar-refractivity contribution in [2.75, 3.05) is 0 Å². The average molecular weight is 326 g/mol. The van der Waals surface area contributed by atoms with Gasteiger partial charge < -0.3 is 9.84 Å². The molecule has 0 radical (unpaired) electrons. The number of hydrogen-bond donors (Lipinski definition) is 1. The molecule has 2 fully saturated rings. The van der Waals surface area contributed by atoms with Gasteiger partial charge >= 0.3 is 0 Å². The number of carbonyl (C=O) groups is 1. The fourth-order valence-electron chi connectivity index (χ4n) is 5.82. The van der Waals surface area contributed by atoms with Crippen LogP contribution in [0.25, 0.3) is 5.57 Å². The Morgan fingerprint density at radius 3 is 2.29 bits per heavy atom. The second-order valence-corrected chi connectivity index (χ2v) is 8.56. The first-order valence-electron chi connectivity index (χ1n) is 8.86. The van der Waals surface area contributed by atoms with Crippen molar-refractivity contribution in [3.05, 3.63) is 40.1 Å². The highest BCUT2D eigenvalue weighted by molar-refractivity contribution is 6.26. The smallest absolute Gasteiger partial charge is 0.173 e. The molecule has 1 aliphatic carbocycles. The summed E-state index contributed by atoms with van der Waals surface area (Å²) in [7, 11) is 0. The predicted octanol–water partition coefficient (Wildman–Crippen LogP) is 4.28. The van der Waals surface area contributed by atoms with E-state index in [9.17, 15) is 9.90 Å². The van der Waals surface area contributed by atoms with Gasteiger partial charge in [-0.05, 0) is 63.6 Å². The summed E-state index contributed by atoms with van der Waals surface area (Å²) in [4.78, 5) is 13.3. The number of aryl methyl sites for hydroxylation is 3. The van der Waals surface area contributed by atoms with Gasteiger partial charge in [-0.3, -0.25) is 4.79 Å². The van der Waals surface area contributed by atoms with Crippen molar-refractivity contribution in [1.82, 2.24) is 0 Å². The third-order valence-electron chi connectivity index (χ3n) is 6.76. The summed E-state index contributed by atoms with van der Waals surface area (Å²) in [5, 5.41) is 11.1. The molecule has 1 unspecified atom stereocenters. The van der Waals surface area contributed by atoms with Gasteiger partial charge in [0, 0.05) is 0 Å². The van der Waals surface area contributed by atoms with Crippen molar-refractivity contribution in [3.63, 3.8) is 0 Å². The van der Waals surface area contributed by atoms with Gasteiger partial charge in [-0.1, -0.05) is 24.6 Å². The second kappa shape index (κ2) is 4.51. The molecule has 2 bridgehead atoms. The number of fused-ring (bicyclic) bond motifs is 5. The molecule has 0 saturated carbocycles. The highest BCUT2D eigenvalue weighted by atomic mass is 16.5. The third-order valence-corrected chi connectivity index (χ3v) is 6.76. The summed E-state index contributed by atoms with van der Waals surface area (Å²) in [6, 6.07) is 4.17. The van der Waals surface area contributed by atoms with Crippen LogP contribution in [0.15, 0.2) is 17.9 Å². The molecule has 3 nitrogen and oxygen atoms in total. The van der Waals surface area contributed by atoms with Crippen LogP contribution in [-0.2, 0) is 9.53 Å². The average Bonchev–Trinajstić information content (AvgIpc) is 2.94. The number of ether oxygens (including phenoxy) is 1. The number of rotatable bonds is 1. The first-order valence-corrected chi connectivity index (χ1v) is 8.86. The van der Waals surface area contributed by atoms with E-state index in [4.69, 9.17) is 4.74 Å². The van der Waals surface area contributed by atoms with Gasteiger partial charge in [-0.25, -0.2) is 0 Å². The molecular weight excluding hydrogens is 300 g/mol. The summed E-state index contributed by atoms with van der Waals surface area (Å²) in [6.07, 6.45) is 0.878. The molecule has 1 aromatic carbocycles. The molecule has 128 valence electrons. The number of ketones is 1. The molecule has 1 N–H and O–H groups in total. The minimum absolute atomic E-state index is 0.0608. The maximum Gasteiger partial charge on any atom is 0.173 e. The summed E-state index contributed by atoms with van der Waals surface area (Å²) in [5.74, 6) is 0.171. The summed E-state index contributed by atoms with van der Waals surface area (Å²) in [6.45, 7) is 12.4. The van der Waals surface area contributed by atoms with Crippen LogP contribution < -0.4 is 0 Å². The van der Waals surface area contributed by atoms with E-state index < -0.39 is 11.2 Å². The molecule has 4 rings (SSSR count). The van der Waals surface area contributed by atoms with E-state index >= 15 is 0 Å². The molecule has 5 atom stereocenters. The number of benzene rings is 1. The predicted molar refractivity (Wildman–Crippen MR) is 93.9 cm³/mol. The highest BCUT2D eigenvalue weighted by Gasteiger charge is 2.72. The lowest BCUT2D eigenvalue weighted by Gasteiger charge is -2.35. The molecular formula is C21H26O3. The van der Waals surface area contributed by atoms with Crippen LogP contribution in [-0.4, -0.2) is 22.1 Å².